The third kappa shape index (κ3) is 5.46. The van der Waals surface area contributed by atoms with Gasteiger partial charge in [0, 0.05) is 0 Å². The molecule has 0 nitrogen and oxygen atoms in total. The van der Waals surface area contributed by atoms with E-state index in [1.54, 1.807) is 0 Å². The highest BCUT2D eigenvalue weighted by Crippen LogP contribution is 2.46. The Hall–Kier alpha value is -5.98. The molecule has 7 aromatic carbocycles. The Morgan fingerprint density at radius 1 is 0.449 bits per heavy atom. The topological polar surface area (TPSA) is 0 Å². The monoisotopic (exact) mass is 630 g/mol. The third-order valence-corrected chi connectivity index (χ3v) is 9.45. The minimum absolute atomic E-state index is 1.02. The number of hydrogen-bond acceptors (Lipinski definition) is 0. The van der Waals surface area contributed by atoms with Crippen LogP contribution < -0.4 is 10.4 Å². The van der Waals surface area contributed by atoms with Crippen molar-refractivity contribution < 1.29 is 0 Å². The smallest absolute Gasteiger partial charge is 0.00203 e. The van der Waals surface area contributed by atoms with Gasteiger partial charge in [0.05, 0.1) is 0 Å². The Morgan fingerprint density at radius 2 is 0.959 bits per heavy atom. The second-order valence-electron chi connectivity index (χ2n) is 11.8. The van der Waals surface area contributed by atoms with E-state index in [0.717, 1.165) is 71.5 Å². The molecule has 0 heteroatoms. The standard InChI is InChI=1S/C47H36.C2H6/c1-7-31-28-44-33(27-30(31)6)29-45(39-22-16-15-21-38(39)44)40-25-26-43(35(9-3)34(40)8-2)47-37(11-5)36(10-4)46(32-19-13-12-14-20-32)41-23-17-18-24-42(41)47;1-2/h7-29H,2-6H2,1H3;1-2H3/b31-7-;. The first-order valence-corrected chi connectivity index (χ1v) is 17.0. The molecule has 238 valence electrons. The summed E-state index contributed by atoms with van der Waals surface area (Å²) in [4.78, 5) is 0. The first-order chi connectivity index (χ1) is 24.0. The van der Waals surface area contributed by atoms with Gasteiger partial charge in [-0.3, -0.25) is 0 Å². The van der Waals surface area contributed by atoms with Crippen molar-refractivity contribution in [3.63, 3.8) is 0 Å². The van der Waals surface area contributed by atoms with E-state index >= 15 is 0 Å². The molecule has 0 amide bonds. The fraction of sp³-hybridized carbons (Fsp3) is 0.0612. The van der Waals surface area contributed by atoms with E-state index in [0.29, 0.717) is 0 Å². The van der Waals surface area contributed by atoms with Crippen LogP contribution in [0.25, 0.3) is 103 Å². The molecule has 49 heavy (non-hydrogen) atoms. The highest BCUT2D eigenvalue weighted by molar-refractivity contribution is 6.16. The average Bonchev–Trinajstić information content (AvgIpc) is 3.16. The summed E-state index contributed by atoms with van der Waals surface area (Å²) in [6.45, 7) is 27.7. The Morgan fingerprint density at radius 3 is 1.57 bits per heavy atom. The van der Waals surface area contributed by atoms with Crippen LogP contribution in [0.2, 0.25) is 0 Å². The SMILES string of the molecule is C=Cc1c(-c2c(C=C)c(C=C)c(-c3ccccc3)c3ccccc23)ccc(-c2cc3cc(=C)/c(=C\C)cc3c3ccccc23)c1C=C.CC. The van der Waals surface area contributed by atoms with Crippen LogP contribution in [-0.2, 0) is 0 Å². The fourth-order valence-corrected chi connectivity index (χ4v) is 7.35. The van der Waals surface area contributed by atoms with Crippen molar-refractivity contribution in [2.45, 2.75) is 20.8 Å². The summed E-state index contributed by atoms with van der Waals surface area (Å²) in [7, 11) is 0. The van der Waals surface area contributed by atoms with Crippen molar-refractivity contribution in [1.82, 2.24) is 0 Å². The first-order valence-electron chi connectivity index (χ1n) is 17.0. The molecule has 0 saturated heterocycles. The van der Waals surface area contributed by atoms with Crippen LogP contribution in [0.4, 0.5) is 0 Å². The Kier molecular flexibility index (Phi) is 9.42. The van der Waals surface area contributed by atoms with E-state index in [9.17, 15) is 0 Å². The Labute approximate surface area is 290 Å². The summed E-state index contributed by atoms with van der Waals surface area (Å²) in [6, 6.07) is 39.1. The second-order valence-corrected chi connectivity index (χ2v) is 11.8. The maximum Gasteiger partial charge on any atom is -0.00203 e. The van der Waals surface area contributed by atoms with Gasteiger partial charge in [-0.2, -0.15) is 0 Å². The summed E-state index contributed by atoms with van der Waals surface area (Å²) in [5.41, 5.74) is 11.0. The third-order valence-electron chi connectivity index (χ3n) is 9.45. The molecule has 0 aliphatic rings. The molecule has 0 unspecified atom stereocenters. The fourth-order valence-electron chi connectivity index (χ4n) is 7.35. The molecular formula is C49H42. The summed E-state index contributed by atoms with van der Waals surface area (Å²) in [5.74, 6) is 0. The van der Waals surface area contributed by atoms with Gasteiger partial charge >= 0.3 is 0 Å². The summed E-state index contributed by atoms with van der Waals surface area (Å²) in [5, 5.41) is 9.30. The summed E-state index contributed by atoms with van der Waals surface area (Å²) >= 11 is 0. The van der Waals surface area contributed by atoms with E-state index in [4.69, 9.17) is 0 Å². The molecule has 0 saturated carbocycles. The molecule has 7 rings (SSSR count). The molecule has 0 aromatic heterocycles. The molecule has 0 aliphatic carbocycles. The molecule has 7 aromatic rings. The van der Waals surface area contributed by atoms with E-state index in [1.807, 2.05) is 38.2 Å². The van der Waals surface area contributed by atoms with E-state index < -0.39 is 0 Å². The van der Waals surface area contributed by atoms with Crippen LogP contribution in [0, 0.1) is 0 Å². The van der Waals surface area contributed by atoms with Gasteiger partial charge in [-0.15, -0.1) is 0 Å². The summed E-state index contributed by atoms with van der Waals surface area (Å²) in [6.07, 6.45) is 10.00. The van der Waals surface area contributed by atoms with Crippen molar-refractivity contribution in [1.29, 1.82) is 0 Å². The predicted molar refractivity (Wildman–Crippen MR) is 222 cm³/mol. The van der Waals surface area contributed by atoms with Crippen LogP contribution in [0.1, 0.15) is 43.0 Å². The molecule has 0 heterocycles. The number of benzene rings is 7. The van der Waals surface area contributed by atoms with E-state index in [-0.39, 0.29) is 0 Å². The second kappa shape index (κ2) is 14.0. The molecule has 0 atom stereocenters. The lowest BCUT2D eigenvalue weighted by Gasteiger charge is -2.23. The van der Waals surface area contributed by atoms with Gasteiger partial charge in [0.25, 0.3) is 0 Å². The lowest BCUT2D eigenvalue weighted by molar-refractivity contribution is 1.50. The molecule has 0 spiro atoms. The number of hydrogen-bond donors (Lipinski definition) is 0. The van der Waals surface area contributed by atoms with Gasteiger partial charge in [-0.05, 0) is 124 Å². The highest BCUT2D eigenvalue weighted by Gasteiger charge is 2.22. The van der Waals surface area contributed by atoms with Gasteiger partial charge in [0.2, 0.25) is 0 Å². The van der Waals surface area contributed by atoms with Crippen LogP contribution >= 0.6 is 0 Å². The zero-order valence-electron chi connectivity index (χ0n) is 28.8. The van der Waals surface area contributed by atoms with Crippen molar-refractivity contribution in [2.75, 3.05) is 0 Å². The maximum absolute atomic E-state index is 4.34. The normalized spacial score (nSPS) is 11.3. The van der Waals surface area contributed by atoms with Gasteiger partial charge in [-0.25, -0.2) is 0 Å². The van der Waals surface area contributed by atoms with Gasteiger partial charge < -0.3 is 0 Å². The van der Waals surface area contributed by atoms with Crippen LogP contribution in [0.3, 0.4) is 0 Å². The van der Waals surface area contributed by atoms with E-state index in [2.05, 4.69) is 155 Å². The lowest BCUT2D eigenvalue weighted by atomic mass is 9.80. The largest absolute Gasteiger partial charge is 0.0984 e. The molecule has 0 radical (unpaired) electrons. The zero-order valence-corrected chi connectivity index (χ0v) is 28.8. The van der Waals surface area contributed by atoms with Gasteiger partial charge in [0.15, 0.2) is 0 Å². The first kappa shape index (κ1) is 32.9. The van der Waals surface area contributed by atoms with Gasteiger partial charge in [-0.1, -0.05) is 168 Å². The minimum Gasteiger partial charge on any atom is -0.0984 e. The average molecular weight is 631 g/mol. The maximum atomic E-state index is 4.34. The molecule has 0 N–H and O–H groups in total. The molecule has 0 bridgehead atoms. The highest BCUT2D eigenvalue weighted by atomic mass is 14.2. The molecule has 0 fully saturated rings. The zero-order chi connectivity index (χ0) is 34.7. The Balaban J connectivity index is 0.00000205. The van der Waals surface area contributed by atoms with Crippen molar-refractivity contribution in [3.05, 3.63) is 168 Å². The quantitative estimate of drug-likeness (QED) is 0.154. The molecule has 0 aliphatic heterocycles. The molecular weight excluding hydrogens is 589 g/mol. The van der Waals surface area contributed by atoms with Gasteiger partial charge in [0.1, 0.15) is 0 Å². The van der Waals surface area contributed by atoms with Crippen molar-refractivity contribution in [2.24, 2.45) is 0 Å². The number of fused-ring (bicyclic) bond motifs is 4. The minimum atomic E-state index is 1.02. The van der Waals surface area contributed by atoms with Crippen molar-refractivity contribution >= 4 is 69.3 Å². The summed E-state index contributed by atoms with van der Waals surface area (Å²) < 4.78 is 0. The van der Waals surface area contributed by atoms with Crippen LogP contribution in [0.15, 0.2) is 136 Å². The van der Waals surface area contributed by atoms with Crippen LogP contribution in [-0.4, -0.2) is 0 Å². The van der Waals surface area contributed by atoms with Crippen molar-refractivity contribution in [3.8, 4) is 33.4 Å². The van der Waals surface area contributed by atoms with E-state index in [1.165, 1.54) is 26.9 Å². The number of rotatable bonds is 7. The van der Waals surface area contributed by atoms with Crippen LogP contribution in [0.5, 0.6) is 0 Å². The predicted octanol–water partition coefficient (Wildman–Crippen LogP) is 13.0. The Bertz CT molecular complexity index is 2540. The lowest BCUT2D eigenvalue weighted by Crippen LogP contribution is -2.21.